The lowest BCUT2D eigenvalue weighted by molar-refractivity contribution is -0.121. The fourth-order valence-electron chi connectivity index (χ4n) is 1.82. The first-order valence-corrected chi connectivity index (χ1v) is 8.64. The number of carbonyl (C=O) groups excluding carboxylic acids is 2. The molecule has 2 amide bonds. The molecule has 0 aliphatic carbocycles. The van der Waals surface area contributed by atoms with Gasteiger partial charge in [0.25, 0.3) is 5.91 Å². The minimum Gasteiger partial charge on any atom is -0.273 e. The molecule has 2 aromatic carbocycles. The summed E-state index contributed by atoms with van der Waals surface area (Å²) < 4.78 is 12.8. The van der Waals surface area contributed by atoms with E-state index >= 15 is 0 Å². The number of halogens is 2. The average Bonchev–Trinajstić information content (AvgIpc) is 2.59. The van der Waals surface area contributed by atoms with Crippen molar-refractivity contribution in [2.45, 2.75) is 17.7 Å². The minimum absolute atomic E-state index is 0.273. The number of rotatable bonds is 6. The highest BCUT2D eigenvalue weighted by Crippen LogP contribution is 2.21. The number of thioether (sulfide) groups is 1. The van der Waals surface area contributed by atoms with Gasteiger partial charge in [0.1, 0.15) is 5.82 Å². The van der Waals surface area contributed by atoms with Crippen LogP contribution in [0.5, 0.6) is 0 Å². The van der Waals surface area contributed by atoms with Gasteiger partial charge in [-0.25, -0.2) is 4.39 Å². The third-order valence-corrected chi connectivity index (χ3v) is 4.40. The second-order valence-electron chi connectivity index (χ2n) is 4.92. The SMILES string of the molecule is O=C(CCCSc1ccc(Cl)cc1)NNC(=O)c1ccc(F)cc1. The molecule has 7 heteroatoms. The Morgan fingerprint density at radius 2 is 1.67 bits per heavy atom. The summed E-state index contributed by atoms with van der Waals surface area (Å²) in [4.78, 5) is 24.5. The van der Waals surface area contributed by atoms with Gasteiger partial charge in [-0.05, 0) is 60.7 Å². The van der Waals surface area contributed by atoms with Crippen LogP contribution in [-0.4, -0.2) is 17.6 Å². The zero-order chi connectivity index (χ0) is 17.4. The Hall–Kier alpha value is -2.05. The second kappa shape index (κ2) is 9.30. The van der Waals surface area contributed by atoms with Crippen LogP contribution < -0.4 is 10.9 Å². The first-order chi connectivity index (χ1) is 11.5. The van der Waals surface area contributed by atoms with Gasteiger partial charge in [-0.1, -0.05) is 11.6 Å². The summed E-state index contributed by atoms with van der Waals surface area (Å²) in [5.74, 6) is -0.407. The summed E-state index contributed by atoms with van der Waals surface area (Å²) in [7, 11) is 0. The summed E-state index contributed by atoms with van der Waals surface area (Å²) in [5, 5.41) is 0.690. The molecule has 0 atom stereocenters. The molecule has 0 aliphatic heterocycles. The average molecular weight is 367 g/mol. The van der Waals surface area contributed by atoms with Gasteiger partial charge in [-0.3, -0.25) is 20.4 Å². The Kier molecular flexibility index (Phi) is 7.08. The highest BCUT2D eigenvalue weighted by atomic mass is 35.5. The van der Waals surface area contributed by atoms with Gasteiger partial charge in [0.15, 0.2) is 0 Å². The quantitative estimate of drug-likeness (QED) is 0.464. The predicted octanol–water partition coefficient (Wildman–Crippen LogP) is 3.81. The molecule has 126 valence electrons. The molecule has 0 radical (unpaired) electrons. The second-order valence-corrected chi connectivity index (χ2v) is 6.52. The molecule has 0 spiro atoms. The number of hydrogen-bond donors (Lipinski definition) is 2. The van der Waals surface area contributed by atoms with E-state index in [0.717, 1.165) is 10.6 Å². The molecular formula is C17H16ClFN2O2S. The largest absolute Gasteiger partial charge is 0.273 e. The first kappa shape index (κ1) is 18.3. The molecule has 24 heavy (non-hydrogen) atoms. The van der Waals surface area contributed by atoms with Crippen molar-refractivity contribution in [1.29, 1.82) is 0 Å². The maximum Gasteiger partial charge on any atom is 0.269 e. The van der Waals surface area contributed by atoms with Gasteiger partial charge >= 0.3 is 0 Å². The number of benzene rings is 2. The Bertz CT molecular complexity index is 693. The van der Waals surface area contributed by atoms with Crippen molar-refractivity contribution in [2.75, 3.05) is 5.75 Å². The Balaban J connectivity index is 1.63. The summed E-state index contributed by atoms with van der Waals surface area (Å²) in [5.41, 5.74) is 4.92. The van der Waals surface area contributed by atoms with Crippen molar-refractivity contribution < 1.29 is 14.0 Å². The van der Waals surface area contributed by atoms with E-state index in [1.807, 2.05) is 24.3 Å². The predicted molar refractivity (Wildman–Crippen MR) is 93.4 cm³/mol. The number of nitrogens with one attached hydrogen (secondary N) is 2. The van der Waals surface area contributed by atoms with Crippen LogP contribution in [0.25, 0.3) is 0 Å². The van der Waals surface area contributed by atoms with Gasteiger partial charge in [-0.2, -0.15) is 0 Å². The molecule has 0 bridgehead atoms. The number of carbonyl (C=O) groups is 2. The van der Waals surface area contributed by atoms with Gasteiger partial charge in [-0.15, -0.1) is 11.8 Å². The maximum atomic E-state index is 12.8. The molecule has 0 heterocycles. The van der Waals surface area contributed by atoms with Gasteiger partial charge in [0.05, 0.1) is 0 Å². The lowest BCUT2D eigenvalue weighted by atomic mass is 10.2. The van der Waals surface area contributed by atoms with Crippen LogP contribution in [0.4, 0.5) is 4.39 Å². The van der Waals surface area contributed by atoms with E-state index in [1.165, 1.54) is 24.3 Å². The van der Waals surface area contributed by atoms with Crippen LogP contribution in [0.1, 0.15) is 23.2 Å². The molecule has 2 aromatic rings. The molecule has 0 saturated heterocycles. The van der Waals surface area contributed by atoms with Crippen LogP contribution in [0.3, 0.4) is 0 Å². The summed E-state index contributed by atoms with van der Waals surface area (Å²) in [6.45, 7) is 0. The van der Waals surface area contributed by atoms with Crippen LogP contribution in [0, 0.1) is 5.82 Å². The lowest BCUT2D eigenvalue weighted by Crippen LogP contribution is -2.41. The van der Waals surface area contributed by atoms with E-state index in [9.17, 15) is 14.0 Å². The molecule has 0 saturated carbocycles. The van der Waals surface area contributed by atoms with Crippen LogP contribution in [-0.2, 0) is 4.79 Å². The normalized spacial score (nSPS) is 10.2. The topological polar surface area (TPSA) is 58.2 Å². The van der Waals surface area contributed by atoms with Gasteiger partial charge in [0, 0.05) is 21.9 Å². The van der Waals surface area contributed by atoms with E-state index in [2.05, 4.69) is 10.9 Å². The van der Waals surface area contributed by atoms with E-state index < -0.39 is 11.7 Å². The van der Waals surface area contributed by atoms with Gasteiger partial charge < -0.3 is 0 Å². The van der Waals surface area contributed by atoms with Crippen molar-refractivity contribution in [1.82, 2.24) is 10.9 Å². The molecule has 2 rings (SSSR count). The summed E-state index contributed by atoms with van der Waals surface area (Å²) >= 11 is 7.44. The number of hydrazine groups is 1. The lowest BCUT2D eigenvalue weighted by Gasteiger charge is -2.07. The number of hydrogen-bond acceptors (Lipinski definition) is 3. The monoisotopic (exact) mass is 366 g/mol. The van der Waals surface area contributed by atoms with Crippen LogP contribution in [0.15, 0.2) is 53.4 Å². The highest BCUT2D eigenvalue weighted by molar-refractivity contribution is 7.99. The van der Waals surface area contributed by atoms with Gasteiger partial charge in [0.2, 0.25) is 5.91 Å². The smallest absolute Gasteiger partial charge is 0.269 e. The van der Waals surface area contributed by atoms with E-state index in [-0.39, 0.29) is 11.5 Å². The van der Waals surface area contributed by atoms with E-state index in [0.29, 0.717) is 17.9 Å². The number of amides is 2. The van der Waals surface area contributed by atoms with Crippen molar-refractivity contribution in [3.63, 3.8) is 0 Å². The Morgan fingerprint density at radius 3 is 2.33 bits per heavy atom. The Labute approximate surface area is 148 Å². The molecule has 0 aliphatic rings. The molecule has 2 N–H and O–H groups in total. The molecule has 4 nitrogen and oxygen atoms in total. The minimum atomic E-state index is -0.487. The maximum absolute atomic E-state index is 12.8. The summed E-state index contributed by atoms with van der Waals surface area (Å²) in [6, 6.07) is 12.6. The molecule has 0 unspecified atom stereocenters. The third kappa shape index (κ3) is 6.22. The Morgan fingerprint density at radius 1 is 1.00 bits per heavy atom. The van der Waals surface area contributed by atoms with Crippen LogP contribution in [0.2, 0.25) is 5.02 Å². The van der Waals surface area contributed by atoms with Crippen LogP contribution >= 0.6 is 23.4 Å². The molecule has 0 aromatic heterocycles. The fourth-order valence-corrected chi connectivity index (χ4v) is 2.79. The standard InChI is InChI=1S/C17H16ClFN2O2S/c18-13-5-9-15(10-6-13)24-11-1-2-16(22)20-21-17(23)12-3-7-14(19)8-4-12/h3-10H,1-2,11H2,(H,20,22)(H,21,23). The van der Waals surface area contributed by atoms with Crippen molar-refractivity contribution in [3.05, 3.63) is 64.9 Å². The molecule has 0 fully saturated rings. The van der Waals surface area contributed by atoms with Crippen molar-refractivity contribution in [3.8, 4) is 0 Å². The van der Waals surface area contributed by atoms with E-state index in [1.54, 1.807) is 11.8 Å². The van der Waals surface area contributed by atoms with Crippen molar-refractivity contribution >= 4 is 35.2 Å². The molecular weight excluding hydrogens is 351 g/mol. The zero-order valence-corrected chi connectivity index (χ0v) is 14.3. The highest BCUT2D eigenvalue weighted by Gasteiger charge is 2.07. The zero-order valence-electron chi connectivity index (χ0n) is 12.7. The first-order valence-electron chi connectivity index (χ1n) is 7.28. The van der Waals surface area contributed by atoms with E-state index in [4.69, 9.17) is 11.6 Å². The fraction of sp³-hybridized carbons (Fsp3) is 0.176. The third-order valence-electron chi connectivity index (χ3n) is 3.05. The van der Waals surface area contributed by atoms with Crippen molar-refractivity contribution in [2.24, 2.45) is 0 Å². The summed E-state index contributed by atoms with van der Waals surface area (Å²) in [6.07, 6.45) is 0.968.